The van der Waals surface area contributed by atoms with Crippen LogP contribution in [-0.2, 0) is 4.74 Å². The molecule has 0 bridgehead atoms. The van der Waals surface area contributed by atoms with Crippen molar-refractivity contribution in [2.75, 3.05) is 62.6 Å². The molecule has 0 aliphatic carbocycles. The molecule has 1 aromatic rings. The van der Waals surface area contributed by atoms with E-state index >= 15 is 0 Å². The van der Waals surface area contributed by atoms with Gasteiger partial charge in [-0.25, -0.2) is 5.84 Å². The number of ether oxygens (including phenoxy) is 1. The lowest BCUT2D eigenvalue weighted by Gasteiger charge is -2.29. The third-order valence-corrected chi connectivity index (χ3v) is 3.16. The molecule has 2 rings (SSSR count). The minimum Gasteiger partial charge on any atom is -0.379 e. The first-order valence-corrected chi connectivity index (χ1v) is 7.05. The molecule has 1 aliphatic rings. The molecule has 9 heteroatoms. The maximum Gasteiger partial charge on any atom is 0.243 e. The molecule has 21 heavy (non-hydrogen) atoms. The van der Waals surface area contributed by atoms with Gasteiger partial charge < -0.3 is 15.0 Å². The second-order valence-corrected chi connectivity index (χ2v) is 5.28. The lowest BCUT2D eigenvalue weighted by atomic mass is 10.3. The minimum absolute atomic E-state index is 0.214. The normalized spacial score (nSPS) is 17.3. The molecule has 118 valence electrons. The van der Waals surface area contributed by atoms with Gasteiger partial charge in [-0.2, -0.15) is 15.0 Å². The van der Waals surface area contributed by atoms with Crippen molar-refractivity contribution in [1.82, 2.24) is 19.9 Å². The van der Waals surface area contributed by atoms with Crippen molar-refractivity contribution in [3.63, 3.8) is 0 Å². The van der Waals surface area contributed by atoms with Gasteiger partial charge in [0.2, 0.25) is 17.8 Å². The highest BCUT2D eigenvalue weighted by Gasteiger charge is 2.15. The molecular formula is C12H24N8O. The van der Waals surface area contributed by atoms with Crippen LogP contribution in [0, 0.1) is 0 Å². The van der Waals surface area contributed by atoms with Crippen molar-refractivity contribution in [2.45, 2.75) is 13.0 Å². The van der Waals surface area contributed by atoms with E-state index in [1.54, 1.807) is 4.90 Å². The number of nitrogens with zero attached hydrogens (tertiary/aromatic N) is 5. The smallest absolute Gasteiger partial charge is 0.243 e. The van der Waals surface area contributed by atoms with Crippen LogP contribution in [0.2, 0.25) is 0 Å². The molecule has 0 radical (unpaired) electrons. The molecule has 1 fully saturated rings. The minimum atomic E-state index is 0.214. The van der Waals surface area contributed by atoms with Crippen molar-refractivity contribution in [2.24, 2.45) is 5.84 Å². The number of nitrogen functional groups attached to an aromatic ring is 1. The van der Waals surface area contributed by atoms with Gasteiger partial charge in [-0.15, -0.1) is 0 Å². The zero-order chi connectivity index (χ0) is 15.2. The molecule has 9 nitrogen and oxygen atoms in total. The van der Waals surface area contributed by atoms with Gasteiger partial charge in [-0.05, 0) is 6.92 Å². The van der Waals surface area contributed by atoms with Gasteiger partial charge in [0.1, 0.15) is 0 Å². The Labute approximate surface area is 124 Å². The van der Waals surface area contributed by atoms with E-state index in [1.807, 2.05) is 14.1 Å². The summed E-state index contributed by atoms with van der Waals surface area (Å²) in [5.74, 6) is 6.81. The number of aromatic nitrogens is 3. The maximum absolute atomic E-state index is 5.40. The van der Waals surface area contributed by atoms with Crippen LogP contribution in [0.4, 0.5) is 17.8 Å². The lowest BCUT2D eigenvalue weighted by Crippen LogP contribution is -2.42. The molecule has 1 saturated heterocycles. The number of hydrazine groups is 1. The maximum atomic E-state index is 5.40. The predicted octanol–water partition coefficient (Wildman–Crippen LogP) is -0.644. The van der Waals surface area contributed by atoms with E-state index in [4.69, 9.17) is 10.6 Å². The molecule has 1 aromatic heterocycles. The van der Waals surface area contributed by atoms with Crippen LogP contribution in [0.5, 0.6) is 0 Å². The first kappa shape index (κ1) is 15.7. The monoisotopic (exact) mass is 296 g/mol. The van der Waals surface area contributed by atoms with Gasteiger partial charge in [-0.1, -0.05) is 0 Å². The molecule has 0 aromatic carbocycles. The second kappa shape index (κ2) is 7.34. The SMILES string of the molecule is CC(CN1CCOCC1)Nc1nc(NN)nc(N(C)C)n1. The van der Waals surface area contributed by atoms with E-state index < -0.39 is 0 Å². The molecule has 0 spiro atoms. The van der Waals surface area contributed by atoms with Crippen molar-refractivity contribution in [1.29, 1.82) is 0 Å². The topological polar surface area (TPSA) is 104 Å². The summed E-state index contributed by atoms with van der Waals surface area (Å²) >= 11 is 0. The number of nitrogens with one attached hydrogen (secondary N) is 2. The molecule has 1 unspecified atom stereocenters. The lowest BCUT2D eigenvalue weighted by molar-refractivity contribution is 0.0368. The molecule has 2 heterocycles. The zero-order valence-corrected chi connectivity index (χ0v) is 12.8. The fourth-order valence-electron chi connectivity index (χ4n) is 2.13. The van der Waals surface area contributed by atoms with E-state index in [1.165, 1.54) is 0 Å². The number of rotatable bonds is 6. The quantitative estimate of drug-likeness (QED) is 0.467. The molecule has 0 saturated carbocycles. The molecular weight excluding hydrogens is 272 g/mol. The van der Waals surface area contributed by atoms with Gasteiger partial charge >= 0.3 is 0 Å². The third kappa shape index (κ3) is 4.66. The summed E-state index contributed by atoms with van der Waals surface area (Å²) < 4.78 is 5.35. The Morgan fingerprint density at radius 1 is 1.24 bits per heavy atom. The third-order valence-electron chi connectivity index (χ3n) is 3.16. The highest BCUT2D eigenvalue weighted by molar-refractivity contribution is 5.42. The predicted molar refractivity (Wildman–Crippen MR) is 82.3 cm³/mol. The molecule has 4 N–H and O–H groups in total. The van der Waals surface area contributed by atoms with E-state index in [0.29, 0.717) is 17.8 Å². The largest absolute Gasteiger partial charge is 0.379 e. The van der Waals surface area contributed by atoms with Crippen LogP contribution in [0.25, 0.3) is 0 Å². The Bertz CT molecular complexity index is 449. The van der Waals surface area contributed by atoms with Crippen LogP contribution in [0.1, 0.15) is 6.92 Å². The standard InChI is InChI=1S/C12H24N8O/c1-9(8-20-4-6-21-7-5-20)14-10-15-11(18-13)17-12(16-10)19(2)3/h9H,4-8,13H2,1-3H3,(H2,14,15,16,17,18). The number of hydrogen-bond donors (Lipinski definition) is 3. The van der Waals surface area contributed by atoms with Crippen LogP contribution >= 0.6 is 0 Å². The summed E-state index contributed by atoms with van der Waals surface area (Å²) in [5, 5.41) is 3.29. The van der Waals surface area contributed by atoms with Crippen molar-refractivity contribution in [3.05, 3.63) is 0 Å². The number of anilines is 3. The summed E-state index contributed by atoms with van der Waals surface area (Å²) in [6.45, 7) is 6.53. The Morgan fingerprint density at radius 3 is 2.52 bits per heavy atom. The van der Waals surface area contributed by atoms with Crippen LogP contribution in [-0.4, -0.2) is 72.8 Å². The van der Waals surface area contributed by atoms with E-state index in [2.05, 4.69) is 37.5 Å². The Kier molecular flexibility index (Phi) is 5.48. The average Bonchev–Trinajstić information content (AvgIpc) is 2.47. The summed E-state index contributed by atoms with van der Waals surface area (Å²) in [4.78, 5) is 16.9. The van der Waals surface area contributed by atoms with E-state index in [9.17, 15) is 0 Å². The van der Waals surface area contributed by atoms with Crippen LogP contribution < -0.4 is 21.5 Å². The summed E-state index contributed by atoms with van der Waals surface area (Å²) in [7, 11) is 3.74. The molecule has 1 aliphatic heterocycles. The van der Waals surface area contributed by atoms with Gasteiger partial charge in [0.15, 0.2) is 0 Å². The second-order valence-electron chi connectivity index (χ2n) is 5.28. The Hall–Kier alpha value is -1.71. The summed E-state index contributed by atoms with van der Waals surface area (Å²) in [5.41, 5.74) is 2.46. The number of hydrogen-bond acceptors (Lipinski definition) is 9. The van der Waals surface area contributed by atoms with E-state index in [0.717, 1.165) is 32.8 Å². The summed E-state index contributed by atoms with van der Waals surface area (Å²) in [6.07, 6.45) is 0. The highest BCUT2D eigenvalue weighted by atomic mass is 16.5. The van der Waals surface area contributed by atoms with Crippen LogP contribution in [0.3, 0.4) is 0 Å². The number of morpholine rings is 1. The van der Waals surface area contributed by atoms with Gasteiger partial charge in [0, 0.05) is 39.8 Å². The first-order chi connectivity index (χ1) is 10.1. The zero-order valence-electron chi connectivity index (χ0n) is 12.8. The van der Waals surface area contributed by atoms with Crippen molar-refractivity contribution >= 4 is 17.8 Å². The van der Waals surface area contributed by atoms with Crippen molar-refractivity contribution in [3.8, 4) is 0 Å². The number of nitrogens with two attached hydrogens (primary N) is 1. The molecule has 0 amide bonds. The Morgan fingerprint density at radius 2 is 1.90 bits per heavy atom. The highest BCUT2D eigenvalue weighted by Crippen LogP contribution is 2.12. The summed E-state index contributed by atoms with van der Waals surface area (Å²) in [6, 6.07) is 0.214. The fourth-order valence-corrected chi connectivity index (χ4v) is 2.13. The molecule has 1 atom stereocenters. The average molecular weight is 296 g/mol. The first-order valence-electron chi connectivity index (χ1n) is 7.05. The van der Waals surface area contributed by atoms with Crippen LogP contribution in [0.15, 0.2) is 0 Å². The van der Waals surface area contributed by atoms with E-state index in [-0.39, 0.29) is 6.04 Å². The fraction of sp³-hybridized carbons (Fsp3) is 0.750. The van der Waals surface area contributed by atoms with Crippen molar-refractivity contribution < 1.29 is 4.74 Å². The Balaban J connectivity index is 1.98. The van der Waals surface area contributed by atoms with Gasteiger partial charge in [-0.3, -0.25) is 10.3 Å². The van der Waals surface area contributed by atoms with Gasteiger partial charge in [0.05, 0.1) is 13.2 Å². The van der Waals surface area contributed by atoms with Gasteiger partial charge in [0.25, 0.3) is 0 Å².